The Morgan fingerprint density at radius 2 is 1.78 bits per heavy atom. The van der Waals surface area contributed by atoms with Crippen molar-refractivity contribution in [3.63, 3.8) is 0 Å². The van der Waals surface area contributed by atoms with Gasteiger partial charge in [0.1, 0.15) is 0 Å². The number of amides is 2. The van der Waals surface area contributed by atoms with Crippen LogP contribution in [0, 0.1) is 5.92 Å². The summed E-state index contributed by atoms with van der Waals surface area (Å²) in [6.45, 7) is 3.10. The molecule has 2 unspecified atom stereocenters. The smallest absolute Gasteiger partial charge is 0.321 e. The quantitative estimate of drug-likeness (QED) is 0.910. The maximum Gasteiger partial charge on any atom is 0.321 e. The van der Waals surface area contributed by atoms with E-state index in [1.54, 1.807) is 11.8 Å². The van der Waals surface area contributed by atoms with Gasteiger partial charge in [-0.25, -0.2) is 4.79 Å². The number of rotatable bonds is 3. The second-order valence-corrected chi connectivity index (χ2v) is 6.11. The molecule has 0 aliphatic carbocycles. The Morgan fingerprint density at radius 1 is 1.13 bits per heavy atom. The van der Waals surface area contributed by atoms with Crippen LogP contribution in [0.2, 0.25) is 0 Å². The lowest BCUT2D eigenvalue weighted by molar-refractivity contribution is 0.130. The van der Waals surface area contributed by atoms with Crippen molar-refractivity contribution >= 4 is 11.7 Å². The third-order valence-corrected chi connectivity index (χ3v) is 4.44. The number of carbonyl (C=O) groups is 1. The predicted octanol–water partition coefficient (Wildman–Crippen LogP) is 3.59. The van der Waals surface area contributed by atoms with E-state index in [0.717, 1.165) is 23.2 Å². The average Bonchev–Trinajstić information content (AvgIpc) is 3.07. The van der Waals surface area contributed by atoms with Crippen molar-refractivity contribution in [3.8, 4) is 11.1 Å². The first-order chi connectivity index (χ1) is 11.1. The molecule has 3 rings (SSSR count). The Morgan fingerprint density at radius 3 is 2.39 bits per heavy atom. The normalized spacial score (nSPS) is 18.7. The third-order valence-electron chi connectivity index (χ3n) is 4.44. The molecule has 1 heterocycles. The summed E-state index contributed by atoms with van der Waals surface area (Å²) in [5.74, 6) is 0.182. The number of anilines is 1. The van der Waals surface area contributed by atoms with Gasteiger partial charge in [0.15, 0.2) is 0 Å². The highest BCUT2D eigenvalue weighted by molar-refractivity contribution is 5.89. The fraction of sp³-hybridized carbons (Fsp3) is 0.316. The van der Waals surface area contributed by atoms with Gasteiger partial charge < -0.3 is 15.3 Å². The summed E-state index contributed by atoms with van der Waals surface area (Å²) in [4.78, 5) is 14.0. The van der Waals surface area contributed by atoms with E-state index in [4.69, 9.17) is 0 Å². The van der Waals surface area contributed by atoms with E-state index in [2.05, 4.69) is 17.4 Å². The maximum atomic E-state index is 12.3. The maximum absolute atomic E-state index is 12.3. The molecular formula is C19H22N2O2. The van der Waals surface area contributed by atoms with Crippen LogP contribution in [-0.2, 0) is 0 Å². The van der Waals surface area contributed by atoms with Crippen LogP contribution in [0.3, 0.4) is 0 Å². The van der Waals surface area contributed by atoms with Crippen LogP contribution >= 0.6 is 0 Å². The molecule has 1 fully saturated rings. The minimum absolute atomic E-state index is 0.0967. The van der Waals surface area contributed by atoms with Gasteiger partial charge in [0.25, 0.3) is 0 Å². The largest absolute Gasteiger partial charge is 0.393 e. The van der Waals surface area contributed by atoms with Crippen molar-refractivity contribution in [2.75, 3.05) is 18.4 Å². The SMILES string of the molecule is CC(O)C1CCN(C(=O)Nc2ccc(-c3ccccc3)cc2)C1. The van der Waals surface area contributed by atoms with Crippen molar-refractivity contribution in [1.29, 1.82) is 0 Å². The van der Waals surface area contributed by atoms with Gasteiger partial charge in [0.05, 0.1) is 6.10 Å². The standard InChI is InChI=1S/C19H22N2O2/c1-14(22)17-11-12-21(13-17)19(23)20-18-9-7-16(8-10-18)15-5-3-2-4-6-15/h2-10,14,17,22H,11-13H2,1H3,(H,20,23). The van der Waals surface area contributed by atoms with Crippen molar-refractivity contribution < 1.29 is 9.90 Å². The summed E-state index contributed by atoms with van der Waals surface area (Å²) >= 11 is 0. The van der Waals surface area contributed by atoms with E-state index in [0.29, 0.717) is 13.1 Å². The van der Waals surface area contributed by atoms with Crippen LogP contribution in [0.4, 0.5) is 10.5 Å². The Hall–Kier alpha value is -2.33. The van der Waals surface area contributed by atoms with E-state index in [-0.39, 0.29) is 18.1 Å². The lowest BCUT2D eigenvalue weighted by Gasteiger charge is -2.18. The number of nitrogens with one attached hydrogen (secondary N) is 1. The summed E-state index contributed by atoms with van der Waals surface area (Å²) in [6, 6.07) is 17.9. The molecule has 0 aromatic heterocycles. The highest BCUT2D eigenvalue weighted by atomic mass is 16.3. The molecule has 2 amide bonds. The van der Waals surface area contributed by atoms with Gasteiger partial charge in [0, 0.05) is 24.7 Å². The van der Waals surface area contributed by atoms with Crippen molar-refractivity contribution in [2.24, 2.45) is 5.92 Å². The van der Waals surface area contributed by atoms with E-state index >= 15 is 0 Å². The summed E-state index contributed by atoms with van der Waals surface area (Å²) in [5.41, 5.74) is 3.07. The Labute approximate surface area is 136 Å². The van der Waals surface area contributed by atoms with Crippen molar-refractivity contribution in [2.45, 2.75) is 19.4 Å². The van der Waals surface area contributed by atoms with Crippen LogP contribution in [0.5, 0.6) is 0 Å². The molecule has 4 heteroatoms. The predicted molar refractivity (Wildman–Crippen MR) is 92.3 cm³/mol. The number of benzene rings is 2. The van der Waals surface area contributed by atoms with Gasteiger partial charge in [-0.05, 0) is 36.6 Å². The van der Waals surface area contributed by atoms with Crippen LogP contribution in [0.15, 0.2) is 54.6 Å². The number of aliphatic hydroxyl groups excluding tert-OH is 1. The van der Waals surface area contributed by atoms with Gasteiger partial charge in [-0.2, -0.15) is 0 Å². The van der Waals surface area contributed by atoms with Crippen LogP contribution in [-0.4, -0.2) is 35.2 Å². The summed E-state index contributed by atoms with van der Waals surface area (Å²) < 4.78 is 0. The molecule has 2 aromatic rings. The molecule has 0 radical (unpaired) electrons. The number of carbonyl (C=O) groups excluding carboxylic acids is 1. The van der Waals surface area contributed by atoms with Gasteiger partial charge in [-0.1, -0.05) is 42.5 Å². The summed E-state index contributed by atoms with van der Waals surface area (Å²) in [7, 11) is 0. The summed E-state index contributed by atoms with van der Waals surface area (Å²) in [6.07, 6.45) is 0.496. The molecule has 23 heavy (non-hydrogen) atoms. The molecule has 2 atom stereocenters. The molecule has 0 spiro atoms. The number of nitrogens with zero attached hydrogens (tertiary/aromatic N) is 1. The monoisotopic (exact) mass is 310 g/mol. The van der Waals surface area contributed by atoms with E-state index in [1.807, 2.05) is 42.5 Å². The highest BCUT2D eigenvalue weighted by Crippen LogP contribution is 2.23. The fourth-order valence-electron chi connectivity index (χ4n) is 2.94. The number of likely N-dealkylation sites (tertiary alicyclic amines) is 1. The first-order valence-electron chi connectivity index (χ1n) is 8.03. The Balaban J connectivity index is 1.61. The molecule has 1 aliphatic rings. The van der Waals surface area contributed by atoms with Crippen molar-refractivity contribution in [3.05, 3.63) is 54.6 Å². The van der Waals surface area contributed by atoms with E-state index in [9.17, 15) is 9.90 Å². The minimum Gasteiger partial charge on any atom is -0.393 e. The number of hydrogen-bond donors (Lipinski definition) is 2. The second-order valence-electron chi connectivity index (χ2n) is 6.11. The Kier molecular flexibility index (Phi) is 4.63. The van der Waals surface area contributed by atoms with Crippen LogP contribution in [0.25, 0.3) is 11.1 Å². The molecule has 4 nitrogen and oxygen atoms in total. The second kappa shape index (κ2) is 6.84. The van der Waals surface area contributed by atoms with Crippen LogP contribution < -0.4 is 5.32 Å². The zero-order valence-corrected chi connectivity index (χ0v) is 13.3. The fourth-order valence-corrected chi connectivity index (χ4v) is 2.94. The zero-order chi connectivity index (χ0) is 16.2. The first-order valence-corrected chi connectivity index (χ1v) is 8.03. The van der Waals surface area contributed by atoms with E-state index < -0.39 is 0 Å². The highest BCUT2D eigenvalue weighted by Gasteiger charge is 2.28. The molecule has 0 saturated carbocycles. The van der Waals surface area contributed by atoms with Gasteiger partial charge in [-0.15, -0.1) is 0 Å². The summed E-state index contributed by atoms with van der Waals surface area (Å²) in [5, 5.41) is 12.5. The lowest BCUT2D eigenvalue weighted by Crippen LogP contribution is -2.34. The van der Waals surface area contributed by atoms with E-state index in [1.165, 1.54) is 0 Å². The minimum atomic E-state index is -0.363. The number of urea groups is 1. The zero-order valence-electron chi connectivity index (χ0n) is 13.3. The molecule has 120 valence electrons. The molecular weight excluding hydrogens is 288 g/mol. The first kappa shape index (κ1) is 15.6. The number of hydrogen-bond acceptors (Lipinski definition) is 2. The van der Waals surface area contributed by atoms with Gasteiger partial charge in [-0.3, -0.25) is 0 Å². The van der Waals surface area contributed by atoms with Crippen LogP contribution in [0.1, 0.15) is 13.3 Å². The molecule has 2 aromatic carbocycles. The Bertz CT molecular complexity index is 653. The lowest BCUT2D eigenvalue weighted by atomic mass is 10.0. The molecule has 0 bridgehead atoms. The molecule has 2 N–H and O–H groups in total. The topological polar surface area (TPSA) is 52.6 Å². The average molecular weight is 310 g/mol. The van der Waals surface area contributed by atoms with Gasteiger partial charge >= 0.3 is 6.03 Å². The molecule has 1 saturated heterocycles. The van der Waals surface area contributed by atoms with Crippen molar-refractivity contribution in [1.82, 2.24) is 4.90 Å². The molecule has 1 aliphatic heterocycles. The van der Waals surface area contributed by atoms with Gasteiger partial charge in [0.2, 0.25) is 0 Å². The number of aliphatic hydroxyl groups is 1. The third kappa shape index (κ3) is 3.71.